The van der Waals surface area contributed by atoms with Gasteiger partial charge in [0.2, 0.25) is 0 Å². The molecular weight excluding hydrogens is 374 g/mol. The summed E-state index contributed by atoms with van der Waals surface area (Å²) >= 11 is 1.60. The maximum atomic E-state index is 13.2. The number of rotatable bonds is 6. The molecule has 28 heavy (non-hydrogen) atoms. The summed E-state index contributed by atoms with van der Waals surface area (Å²) in [6.07, 6.45) is 2.82. The number of carbonyl (C=O) groups excluding carboxylic acids is 1. The third-order valence-electron chi connectivity index (χ3n) is 5.07. The fraction of sp³-hybridized carbons (Fsp3) is 0.364. The first-order valence-electron chi connectivity index (χ1n) is 9.64. The maximum Gasteiger partial charge on any atom is 0.290 e. The molecule has 1 aromatic carbocycles. The van der Waals surface area contributed by atoms with E-state index < -0.39 is 0 Å². The molecule has 5 nitrogen and oxygen atoms in total. The van der Waals surface area contributed by atoms with Crippen LogP contribution in [0, 0.1) is 0 Å². The second-order valence-corrected chi connectivity index (χ2v) is 8.09. The molecule has 2 aromatic heterocycles. The lowest BCUT2D eigenvalue weighted by Gasteiger charge is -2.24. The Balaban J connectivity index is 1.65. The Kier molecular flexibility index (Phi) is 5.59. The molecule has 0 radical (unpaired) electrons. The summed E-state index contributed by atoms with van der Waals surface area (Å²) in [5.41, 5.74) is 1.32. The van der Waals surface area contributed by atoms with Crippen LogP contribution in [-0.2, 0) is 17.7 Å². The number of ether oxygens (including phenoxy) is 1. The summed E-state index contributed by atoms with van der Waals surface area (Å²) in [6, 6.07) is 10.8. The van der Waals surface area contributed by atoms with Gasteiger partial charge in [-0.3, -0.25) is 9.59 Å². The Hall–Kier alpha value is -2.44. The number of nitrogens with zero attached hydrogens (tertiary/aromatic N) is 1. The average molecular weight is 397 g/mol. The van der Waals surface area contributed by atoms with Crippen molar-refractivity contribution in [2.24, 2.45) is 0 Å². The molecule has 3 heterocycles. The van der Waals surface area contributed by atoms with E-state index in [0.29, 0.717) is 24.1 Å². The van der Waals surface area contributed by atoms with Crippen molar-refractivity contribution >= 4 is 28.2 Å². The van der Waals surface area contributed by atoms with Gasteiger partial charge in [-0.15, -0.1) is 11.3 Å². The number of thiophene rings is 1. The van der Waals surface area contributed by atoms with E-state index in [1.165, 1.54) is 6.07 Å². The fourth-order valence-corrected chi connectivity index (χ4v) is 4.25. The van der Waals surface area contributed by atoms with Crippen LogP contribution in [0.5, 0.6) is 0 Å². The minimum atomic E-state index is -0.275. The van der Waals surface area contributed by atoms with Crippen molar-refractivity contribution in [1.29, 1.82) is 0 Å². The van der Waals surface area contributed by atoms with Gasteiger partial charge in [-0.2, -0.15) is 0 Å². The van der Waals surface area contributed by atoms with Crippen molar-refractivity contribution in [2.45, 2.75) is 38.8 Å². The summed E-state index contributed by atoms with van der Waals surface area (Å²) in [7, 11) is 0. The summed E-state index contributed by atoms with van der Waals surface area (Å²) < 4.78 is 11.6. The van der Waals surface area contributed by atoms with Crippen LogP contribution in [-0.4, -0.2) is 30.1 Å². The molecule has 0 saturated carbocycles. The second kappa shape index (κ2) is 8.29. The molecule has 1 fully saturated rings. The maximum absolute atomic E-state index is 13.2. The van der Waals surface area contributed by atoms with E-state index in [2.05, 4.69) is 0 Å². The summed E-state index contributed by atoms with van der Waals surface area (Å²) in [5.74, 6) is -0.196. The van der Waals surface area contributed by atoms with Gasteiger partial charge in [-0.1, -0.05) is 19.1 Å². The van der Waals surface area contributed by atoms with Crippen LogP contribution >= 0.6 is 11.3 Å². The first-order chi connectivity index (χ1) is 13.6. The Bertz CT molecular complexity index is 1020. The van der Waals surface area contributed by atoms with Gasteiger partial charge in [-0.25, -0.2) is 0 Å². The standard InChI is InChI=1S/C22H23NO4S/c1-2-15-7-8-20-18(11-15)19(24)12-21(27-20)22(25)23(13-16-5-3-9-26-16)14-17-6-4-10-28-17/h4,6-8,10-12,16H,2-3,5,9,13-14H2,1H3. The minimum absolute atomic E-state index is 0.0307. The van der Waals surface area contributed by atoms with Crippen molar-refractivity contribution in [1.82, 2.24) is 4.90 Å². The number of carbonyl (C=O) groups is 1. The van der Waals surface area contributed by atoms with E-state index in [1.54, 1.807) is 22.3 Å². The molecule has 3 aromatic rings. The SMILES string of the molecule is CCc1ccc2oc(C(=O)N(Cc3cccs3)CC3CCCO3)cc(=O)c2c1. The van der Waals surface area contributed by atoms with Gasteiger partial charge in [0, 0.05) is 24.1 Å². The Morgan fingerprint density at radius 2 is 2.18 bits per heavy atom. The number of amides is 1. The Labute approximate surface area is 167 Å². The van der Waals surface area contributed by atoms with Gasteiger partial charge in [0.1, 0.15) is 5.58 Å². The van der Waals surface area contributed by atoms with Gasteiger partial charge in [-0.05, 0) is 48.4 Å². The molecule has 1 aliphatic heterocycles. The quantitative estimate of drug-likeness (QED) is 0.624. The van der Waals surface area contributed by atoms with Crippen LogP contribution in [0.15, 0.2) is 51.0 Å². The number of hydrogen-bond acceptors (Lipinski definition) is 5. The van der Waals surface area contributed by atoms with E-state index in [9.17, 15) is 9.59 Å². The number of benzene rings is 1. The highest BCUT2D eigenvalue weighted by Crippen LogP contribution is 2.21. The number of aryl methyl sites for hydroxylation is 1. The highest BCUT2D eigenvalue weighted by molar-refractivity contribution is 7.09. The van der Waals surface area contributed by atoms with E-state index in [-0.39, 0.29) is 23.2 Å². The molecule has 1 atom stereocenters. The van der Waals surface area contributed by atoms with Crippen LogP contribution in [0.1, 0.15) is 40.8 Å². The lowest BCUT2D eigenvalue weighted by Crippen LogP contribution is -2.37. The van der Waals surface area contributed by atoms with Crippen LogP contribution in [0.2, 0.25) is 0 Å². The Morgan fingerprint density at radius 3 is 2.89 bits per heavy atom. The van der Waals surface area contributed by atoms with Crippen molar-refractivity contribution in [3.63, 3.8) is 0 Å². The van der Waals surface area contributed by atoms with Gasteiger partial charge in [0.05, 0.1) is 18.0 Å². The second-order valence-electron chi connectivity index (χ2n) is 7.06. The van der Waals surface area contributed by atoms with E-state index in [4.69, 9.17) is 9.15 Å². The molecule has 0 aliphatic carbocycles. The molecule has 0 N–H and O–H groups in total. The van der Waals surface area contributed by atoms with Gasteiger partial charge < -0.3 is 14.1 Å². The van der Waals surface area contributed by atoms with E-state index in [0.717, 1.165) is 36.3 Å². The third kappa shape index (κ3) is 4.03. The predicted molar refractivity (Wildman–Crippen MR) is 110 cm³/mol. The monoisotopic (exact) mass is 397 g/mol. The van der Waals surface area contributed by atoms with Gasteiger partial charge in [0.25, 0.3) is 5.91 Å². The van der Waals surface area contributed by atoms with Crippen molar-refractivity contribution < 1.29 is 13.9 Å². The fourth-order valence-electron chi connectivity index (χ4n) is 3.53. The van der Waals surface area contributed by atoms with Gasteiger partial charge >= 0.3 is 0 Å². The Morgan fingerprint density at radius 1 is 1.29 bits per heavy atom. The first-order valence-corrected chi connectivity index (χ1v) is 10.5. The zero-order chi connectivity index (χ0) is 19.5. The average Bonchev–Trinajstić information content (AvgIpc) is 3.41. The smallest absolute Gasteiger partial charge is 0.290 e. The summed E-state index contributed by atoms with van der Waals surface area (Å²) in [4.78, 5) is 28.6. The molecular formula is C22H23NO4S. The van der Waals surface area contributed by atoms with Crippen LogP contribution in [0.25, 0.3) is 11.0 Å². The topological polar surface area (TPSA) is 59.8 Å². The lowest BCUT2D eigenvalue weighted by atomic mass is 10.1. The van der Waals surface area contributed by atoms with Gasteiger partial charge in [0.15, 0.2) is 11.2 Å². The molecule has 0 spiro atoms. The van der Waals surface area contributed by atoms with Crippen molar-refractivity contribution in [3.05, 3.63) is 68.2 Å². The van der Waals surface area contributed by atoms with Crippen LogP contribution in [0.3, 0.4) is 0 Å². The van der Waals surface area contributed by atoms with Crippen LogP contribution < -0.4 is 5.43 Å². The molecule has 6 heteroatoms. The lowest BCUT2D eigenvalue weighted by molar-refractivity contribution is 0.0486. The predicted octanol–water partition coefficient (Wildman–Crippen LogP) is 4.24. The highest BCUT2D eigenvalue weighted by Gasteiger charge is 2.26. The van der Waals surface area contributed by atoms with Crippen molar-refractivity contribution in [2.75, 3.05) is 13.2 Å². The number of fused-ring (bicyclic) bond motifs is 1. The molecule has 1 unspecified atom stereocenters. The molecule has 4 rings (SSSR count). The van der Waals surface area contributed by atoms with Crippen LogP contribution in [0.4, 0.5) is 0 Å². The zero-order valence-electron chi connectivity index (χ0n) is 15.8. The minimum Gasteiger partial charge on any atom is -0.451 e. The van der Waals surface area contributed by atoms with E-state index in [1.807, 2.05) is 36.6 Å². The zero-order valence-corrected chi connectivity index (χ0v) is 16.7. The molecule has 146 valence electrons. The highest BCUT2D eigenvalue weighted by atomic mass is 32.1. The third-order valence-corrected chi connectivity index (χ3v) is 5.93. The van der Waals surface area contributed by atoms with Crippen molar-refractivity contribution in [3.8, 4) is 0 Å². The largest absolute Gasteiger partial charge is 0.451 e. The van der Waals surface area contributed by atoms with E-state index >= 15 is 0 Å². The number of hydrogen-bond donors (Lipinski definition) is 0. The summed E-state index contributed by atoms with van der Waals surface area (Å²) in [5, 5.41) is 2.51. The molecule has 1 aliphatic rings. The molecule has 0 bridgehead atoms. The molecule has 1 saturated heterocycles. The molecule has 1 amide bonds. The first kappa shape index (κ1) is 18.9. The normalized spacial score (nSPS) is 16.5. The summed E-state index contributed by atoms with van der Waals surface area (Å²) in [6.45, 7) is 3.74.